The second-order valence-corrected chi connectivity index (χ2v) is 16.5. The highest BCUT2D eigenvalue weighted by Gasteiger charge is 2.40. The van der Waals surface area contributed by atoms with Crippen LogP contribution in [0.5, 0.6) is 0 Å². The molecule has 0 bridgehead atoms. The van der Waals surface area contributed by atoms with E-state index < -0.39 is 0 Å². The zero-order chi connectivity index (χ0) is 37.4. The van der Waals surface area contributed by atoms with E-state index in [9.17, 15) is 0 Å². The Morgan fingerprint density at radius 1 is 0.429 bits per heavy atom. The molecule has 0 radical (unpaired) electrons. The van der Waals surface area contributed by atoms with E-state index in [0.29, 0.717) is 0 Å². The van der Waals surface area contributed by atoms with Gasteiger partial charge in [0.15, 0.2) is 0 Å². The first-order valence-corrected chi connectivity index (χ1v) is 20.2. The fourth-order valence-corrected chi connectivity index (χ4v) is 10.2. The molecule has 10 aromatic rings. The second kappa shape index (κ2) is 12.7. The van der Waals surface area contributed by atoms with Crippen LogP contribution in [-0.2, 0) is 5.41 Å². The van der Waals surface area contributed by atoms with Crippen molar-refractivity contribution < 1.29 is 0 Å². The molecule has 8 aromatic carbocycles. The molecule has 3 heterocycles. The number of benzene rings is 8. The summed E-state index contributed by atoms with van der Waals surface area (Å²) < 4.78 is 5.13. The Bertz CT molecular complexity index is 3080. The van der Waals surface area contributed by atoms with Crippen LogP contribution in [0, 0.1) is 0 Å². The first-order chi connectivity index (χ1) is 27.5. The van der Waals surface area contributed by atoms with E-state index >= 15 is 0 Å². The van der Waals surface area contributed by atoms with Crippen molar-refractivity contribution in [1.29, 1.82) is 0 Å². The molecule has 0 atom stereocenters. The van der Waals surface area contributed by atoms with Gasteiger partial charge in [-0.05, 0) is 100 Å². The van der Waals surface area contributed by atoms with Gasteiger partial charge in [-0.25, -0.2) is 0 Å². The summed E-state index contributed by atoms with van der Waals surface area (Å²) in [5.41, 5.74) is 15.9. The maximum absolute atomic E-state index is 2.51. The summed E-state index contributed by atoms with van der Waals surface area (Å²) >= 11 is 1.86. The number of aromatic nitrogens is 1. The predicted molar refractivity (Wildman–Crippen MR) is 239 cm³/mol. The van der Waals surface area contributed by atoms with Gasteiger partial charge in [0.25, 0.3) is 0 Å². The van der Waals surface area contributed by atoms with Crippen molar-refractivity contribution in [3.05, 3.63) is 205 Å². The van der Waals surface area contributed by atoms with E-state index in [0.717, 1.165) is 17.1 Å². The highest BCUT2D eigenvalue weighted by atomic mass is 32.1. The Hall–Kier alpha value is -6.68. The van der Waals surface area contributed by atoms with Crippen LogP contribution in [0.1, 0.15) is 25.1 Å². The summed E-state index contributed by atoms with van der Waals surface area (Å²) in [6, 6.07) is 71.2. The lowest BCUT2D eigenvalue weighted by Gasteiger charge is -2.26. The normalized spacial score (nSPS) is 13.0. The third-order valence-electron chi connectivity index (χ3n) is 11.7. The molecule has 11 rings (SSSR count). The van der Waals surface area contributed by atoms with Crippen LogP contribution in [0.25, 0.3) is 70.1 Å². The molecule has 0 spiro atoms. The summed E-state index contributed by atoms with van der Waals surface area (Å²) in [5, 5.41) is 3.88. The quantitative estimate of drug-likeness (QED) is 0.165. The molecular formula is C53H38N2S. The number of fused-ring (bicyclic) bond motifs is 8. The fourth-order valence-electron chi connectivity index (χ4n) is 9.07. The lowest BCUT2D eigenvalue weighted by molar-refractivity contribution is 0.646. The summed E-state index contributed by atoms with van der Waals surface area (Å²) in [4.78, 5) is 2.39. The molecule has 2 aromatic heterocycles. The molecular weight excluding hydrogens is 697 g/mol. The van der Waals surface area contributed by atoms with Crippen molar-refractivity contribution in [3.8, 4) is 39.1 Å². The van der Waals surface area contributed by atoms with Gasteiger partial charge in [0, 0.05) is 59.3 Å². The van der Waals surface area contributed by atoms with E-state index in [4.69, 9.17) is 0 Å². The molecule has 0 unspecified atom stereocenters. The second-order valence-electron chi connectivity index (χ2n) is 15.4. The number of hydrogen-bond donors (Lipinski definition) is 0. The first kappa shape index (κ1) is 32.7. The molecule has 266 valence electrons. The van der Waals surface area contributed by atoms with Gasteiger partial charge in [-0.1, -0.05) is 141 Å². The molecule has 0 amide bonds. The van der Waals surface area contributed by atoms with E-state index in [1.54, 1.807) is 0 Å². The molecule has 0 saturated heterocycles. The predicted octanol–water partition coefficient (Wildman–Crippen LogP) is 15.1. The van der Waals surface area contributed by atoms with Crippen molar-refractivity contribution in [2.24, 2.45) is 0 Å². The molecule has 2 nitrogen and oxygen atoms in total. The third-order valence-corrected chi connectivity index (χ3v) is 12.9. The van der Waals surface area contributed by atoms with Crippen molar-refractivity contribution in [2.75, 3.05) is 4.90 Å². The smallest absolute Gasteiger partial charge is 0.0538 e. The van der Waals surface area contributed by atoms with E-state index in [1.165, 1.54) is 81.4 Å². The Balaban J connectivity index is 1.04. The van der Waals surface area contributed by atoms with E-state index in [-0.39, 0.29) is 5.41 Å². The summed E-state index contributed by atoms with van der Waals surface area (Å²) in [5.74, 6) is 0. The minimum absolute atomic E-state index is 0.135. The molecule has 3 heteroatoms. The minimum atomic E-state index is -0.135. The third kappa shape index (κ3) is 5.08. The van der Waals surface area contributed by atoms with Crippen molar-refractivity contribution in [2.45, 2.75) is 19.3 Å². The summed E-state index contributed by atoms with van der Waals surface area (Å²) in [7, 11) is 0. The Kier molecular flexibility index (Phi) is 7.42. The largest absolute Gasteiger partial charge is 0.312 e. The number of nitrogens with zero attached hydrogens (tertiary/aromatic N) is 2. The van der Waals surface area contributed by atoms with Gasteiger partial charge in [-0.3, -0.25) is 0 Å². The van der Waals surface area contributed by atoms with Gasteiger partial charge >= 0.3 is 0 Å². The maximum Gasteiger partial charge on any atom is 0.0538 e. The molecule has 0 fully saturated rings. The number of hydrogen-bond acceptors (Lipinski definition) is 2. The van der Waals surface area contributed by atoms with Crippen molar-refractivity contribution in [3.63, 3.8) is 0 Å². The number of rotatable bonds is 6. The van der Waals surface area contributed by atoms with E-state index in [2.05, 4.69) is 217 Å². The van der Waals surface area contributed by atoms with Crippen LogP contribution in [0.15, 0.2) is 194 Å². The molecule has 0 saturated carbocycles. The van der Waals surface area contributed by atoms with Gasteiger partial charge in [0.05, 0.1) is 11.2 Å². The first-order valence-electron chi connectivity index (χ1n) is 19.3. The highest BCUT2D eigenvalue weighted by Crippen LogP contribution is 2.52. The van der Waals surface area contributed by atoms with E-state index in [1.807, 2.05) is 11.3 Å². The topological polar surface area (TPSA) is 8.17 Å². The van der Waals surface area contributed by atoms with Crippen LogP contribution in [0.2, 0.25) is 0 Å². The Morgan fingerprint density at radius 3 is 1.71 bits per heavy atom. The Morgan fingerprint density at radius 2 is 0.982 bits per heavy atom. The lowest BCUT2D eigenvalue weighted by atomic mass is 9.80. The molecule has 0 N–H and O–H groups in total. The van der Waals surface area contributed by atoms with Crippen LogP contribution in [0.3, 0.4) is 0 Å². The average Bonchev–Trinajstić information content (AvgIpc) is 3.88. The average molecular weight is 735 g/mol. The SMILES string of the molecule is CC1(C)c2ccccc2-n2c1c(-c1ccccc1)c1cc(-c3ccc(N(c4ccc(-c5ccccc5)cc4)c4ccc5sc6ccccc6c5c4)cc3)ccc12. The lowest BCUT2D eigenvalue weighted by Crippen LogP contribution is -2.16. The number of anilines is 3. The maximum atomic E-state index is 2.51. The highest BCUT2D eigenvalue weighted by molar-refractivity contribution is 7.25. The van der Waals surface area contributed by atoms with Crippen molar-refractivity contribution >= 4 is 59.5 Å². The summed E-state index contributed by atoms with van der Waals surface area (Å²) in [6.07, 6.45) is 0. The molecule has 56 heavy (non-hydrogen) atoms. The zero-order valence-electron chi connectivity index (χ0n) is 31.3. The van der Waals surface area contributed by atoms with Crippen LogP contribution in [0.4, 0.5) is 17.1 Å². The fraction of sp³-hybridized carbons (Fsp3) is 0.0566. The minimum Gasteiger partial charge on any atom is -0.312 e. The summed E-state index contributed by atoms with van der Waals surface area (Å²) in [6.45, 7) is 4.74. The van der Waals surface area contributed by atoms with Crippen LogP contribution >= 0.6 is 11.3 Å². The zero-order valence-corrected chi connectivity index (χ0v) is 32.1. The van der Waals surface area contributed by atoms with Crippen LogP contribution in [-0.4, -0.2) is 4.57 Å². The van der Waals surface area contributed by atoms with Gasteiger partial charge in [0.1, 0.15) is 0 Å². The molecule has 0 aliphatic carbocycles. The molecule has 1 aliphatic heterocycles. The Labute approximate surface area is 331 Å². The number of para-hydroxylation sites is 1. The monoisotopic (exact) mass is 734 g/mol. The van der Waals surface area contributed by atoms with Gasteiger partial charge in [0.2, 0.25) is 0 Å². The standard InChI is InChI=1S/C53H38N2S/c1-53(2)46-18-10-11-19-48(46)55-47-31-25-39(33-45(47)51(52(53)55)38-15-7-4-8-16-38)37-23-28-41(29-24-37)54(40-26-21-36(22-27-40)35-13-5-3-6-14-35)42-30-32-50-44(34-42)43-17-9-12-20-49(43)56-50/h3-34H,1-2H3. The van der Waals surface area contributed by atoms with Crippen molar-refractivity contribution in [1.82, 2.24) is 4.57 Å². The van der Waals surface area contributed by atoms with Gasteiger partial charge < -0.3 is 9.47 Å². The van der Waals surface area contributed by atoms with Gasteiger partial charge in [-0.2, -0.15) is 0 Å². The van der Waals surface area contributed by atoms with Crippen LogP contribution < -0.4 is 4.90 Å². The van der Waals surface area contributed by atoms with Gasteiger partial charge in [-0.15, -0.1) is 11.3 Å². The number of thiophene rings is 1. The molecule has 1 aliphatic rings.